The number of aliphatic carboxylic acids is 1. The molecule has 0 unspecified atom stereocenters. The number of aliphatic hydroxyl groups is 2. The first kappa shape index (κ1) is 23.6. The molecule has 2 aromatic heterocycles. The van der Waals surface area contributed by atoms with E-state index in [4.69, 9.17) is 26.8 Å². The Hall–Kier alpha value is -3.07. The second-order valence-electron chi connectivity index (χ2n) is 7.47. The quantitative estimate of drug-likeness (QED) is 0.118. The van der Waals surface area contributed by atoms with Gasteiger partial charge in [-0.05, 0) is 24.9 Å². The van der Waals surface area contributed by atoms with E-state index in [0.717, 1.165) is 0 Å². The van der Waals surface area contributed by atoms with Crippen molar-refractivity contribution in [1.29, 1.82) is 0 Å². The van der Waals surface area contributed by atoms with E-state index in [1.807, 2.05) is 4.90 Å². The SMILES string of the molecule is [N-]=[N+]=NCCCN(CC[C@H](N)C(=O)O)C[C@H]1O[C@@H](n2cnc3c(N)ncnc32)[C@H](O)[C@@H]1O. The highest BCUT2D eigenvalue weighted by atomic mass is 16.6. The Morgan fingerprint density at radius 2 is 2.12 bits per heavy atom. The van der Waals surface area contributed by atoms with Crippen LogP contribution in [0, 0.1) is 0 Å². The number of nitrogen functional groups attached to an aromatic ring is 1. The molecule has 7 N–H and O–H groups in total. The monoisotopic (exact) mass is 450 g/mol. The number of imidazole rings is 1. The number of azide groups is 1. The molecule has 0 saturated carbocycles. The first-order chi connectivity index (χ1) is 15.3. The molecule has 1 aliphatic heterocycles. The molecule has 32 heavy (non-hydrogen) atoms. The lowest BCUT2D eigenvalue weighted by Crippen LogP contribution is -2.43. The zero-order valence-electron chi connectivity index (χ0n) is 17.2. The first-order valence-electron chi connectivity index (χ1n) is 9.99. The van der Waals surface area contributed by atoms with E-state index in [2.05, 4.69) is 25.0 Å². The summed E-state index contributed by atoms with van der Waals surface area (Å²) in [6, 6.07) is -1.04. The zero-order valence-corrected chi connectivity index (χ0v) is 17.2. The Morgan fingerprint density at radius 1 is 1.34 bits per heavy atom. The fourth-order valence-corrected chi connectivity index (χ4v) is 3.57. The molecule has 0 spiro atoms. The van der Waals surface area contributed by atoms with E-state index < -0.39 is 36.6 Å². The number of aromatic nitrogens is 4. The summed E-state index contributed by atoms with van der Waals surface area (Å²) in [5.74, 6) is -0.931. The van der Waals surface area contributed by atoms with E-state index in [9.17, 15) is 15.0 Å². The molecule has 174 valence electrons. The number of carbonyl (C=O) groups is 1. The zero-order chi connectivity index (χ0) is 23.3. The van der Waals surface area contributed by atoms with Crippen LogP contribution in [0.3, 0.4) is 0 Å². The van der Waals surface area contributed by atoms with Crippen molar-refractivity contribution in [3.8, 4) is 0 Å². The Balaban J connectivity index is 1.71. The third-order valence-corrected chi connectivity index (χ3v) is 5.31. The number of nitrogens with zero attached hydrogens (tertiary/aromatic N) is 8. The smallest absolute Gasteiger partial charge is 0.320 e. The maximum Gasteiger partial charge on any atom is 0.320 e. The lowest BCUT2D eigenvalue weighted by Gasteiger charge is -2.27. The highest BCUT2D eigenvalue weighted by Crippen LogP contribution is 2.32. The van der Waals surface area contributed by atoms with Gasteiger partial charge in [0.2, 0.25) is 0 Å². The van der Waals surface area contributed by atoms with E-state index in [0.29, 0.717) is 30.7 Å². The fourth-order valence-electron chi connectivity index (χ4n) is 3.57. The van der Waals surface area contributed by atoms with Crippen LogP contribution in [-0.4, -0.2) is 96.2 Å². The minimum atomic E-state index is -1.26. The number of rotatable bonds is 11. The van der Waals surface area contributed by atoms with Gasteiger partial charge in [-0.1, -0.05) is 5.11 Å². The summed E-state index contributed by atoms with van der Waals surface area (Å²) in [6.45, 7) is 1.23. The third-order valence-electron chi connectivity index (χ3n) is 5.31. The molecule has 15 heteroatoms. The second-order valence-corrected chi connectivity index (χ2v) is 7.47. The van der Waals surface area contributed by atoms with E-state index in [-0.39, 0.29) is 25.3 Å². The number of anilines is 1. The average Bonchev–Trinajstić information content (AvgIpc) is 3.31. The standard InChI is InChI=1S/C17H26N10O5/c18-9(17(30)31)2-5-26(4-1-3-24-25-20)6-10-12(28)13(29)16(32-10)27-8-23-11-14(19)21-7-22-15(11)27/h7-10,12-13,16,28-29H,1-6,18H2,(H,30,31)(H2,19,21,22)/t9-,10+,12+,13+,16+/m0/s1. The number of ether oxygens (including phenoxy) is 1. The van der Waals surface area contributed by atoms with Crippen molar-refractivity contribution in [1.82, 2.24) is 24.4 Å². The molecule has 1 saturated heterocycles. The van der Waals surface area contributed by atoms with Crippen LogP contribution < -0.4 is 11.5 Å². The van der Waals surface area contributed by atoms with Crippen molar-refractivity contribution in [3.05, 3.63) is 23.1 Å². The molecule has 0 aromatic carbocycles. The van der Waals surface area contributed by atoms with Gasteiger partial charge in [-0.3, -0.25) is 9.36 Å². The highest BCUT2D eigenvalue weighted by molar-refractivity contribution is 5.81. The van der Waals surface area contributed by atoms with Gasteiger partial charge in [0.1, 0.15) is 36.2 Å². The van der Waals surface area contributed by atoms with Crippen LogP contribution in [0.15, 0.2) is 17.8 Å². The summed E-state index contributed by atoms with van der Waals surface area (Å²) in [4.78, 5) is 27.7. The van der Waals surface area contributed by atoms with E-state index in [1.165, 1.54) is 17.2 Å². The summed E-state index contributed by atoms with van der Waals surface area (Å²) in [7, 11) is 0. The molecule has 1 fully saturated rings. The first-order valence-corrected chi connectivity index (χ1v) is 9.99. The third kappa shape index (κ3) is 5.21. The molecule has 3 heterocycles. The number of hydrogen-bond donors (Lipinski definition) is 5. The summed E-state index contributed by atoms with van der Waals surface area (Å²) >= 11 is 0. The van der Waals surface area contributed by atoms with Gasteiger partial charge in [-0.2, -0.15) is 0 Å². The minimum Gasteiger partial charge on any atom is -0.480 e. The Morgan fingerprint density at radius 3 is 2.84 bits per heavy atom. The number of aliphatic hydroxyl groups excluding tert-OH is 2. The lowest BCUT2D eigenvalue weighted by molar-refractivity contribution is -0.138. The molecule has 3 rings (SSSR count). The normalized spacial score (nSPS) is 24.0. The van der Waals surface area contributed by atoms with Crippen molar-refractivity contribution in [2.75, 3.05) is 31.9 Å². The molecule has 0 bridgehead atoms. The van der Waals surface area contributed by atoms with Gasteiger partial charge in [-0.25, -0.2) is 15.0 Å². The van der Waals surface area contributed by atoms with Crippen LogP contribution >= 0.6 is 0 Å². The van der Waals surface area contributed by atoms with Gasteiger partial charge in [0, 0.05) is 24.5 Å². The Bertz CT molecular complexity index is 980. The van der Waals surface area contributed by atoms with Crippen LogP contribution in [0.1, 0.15) is 19.1 Å². The van der Waals surface area contributed by atoms with Crippen LogP contribution in [0.25, 0.3) is 21.6 Å². The summed E-state index contributed by atoms with van der Waals surface area (Å²) < 4.78 is 7.42. The maximum absolute atomic E-state index is 11.0. The van der Waals surface area contributed by atoms with Crippen molar-refractivity contribution in [2.24, 2.45) is 10.8 Å². The van der Waals surface area contributed by atoms with Gasteiger partial charge in [-0.15, -0.1) is 0 Å². The van der Waals surface area contributed by atoms with E-state index >= 15 is 0 Å². The molecule has 0 radical (unpaired) electrons. The number of hydrogen-bond acceptors (Lipinski definition) is 11. The Labute approximate surface area is 182 Å². The average molecular weight is 450 g/mol. The Kier molecular flexibility index (Phi) is 7.74. The topological polar surface area (TPSA) is 235 Å². The minimum absolute atomic E-state index is 0.175. The van der Waals surface area contributed by atoms with Gasteiger partial charge in [0.25, 0.3) is 0 Å². The predicted octanol–water partition coefficient (Wildman–Crippen LogP) is -1.17. The van der Waals surface area contributed by atoms with Crippen LogP contribution in [0.5, 0.6) is 0 Å². The molecular formula is C17H26N10O5. The summed E-state index contributed by atoms with van der Waals surface area (Å²) in [5, 5.41) is 33.7. The molecular weight excluding hydrogens is 424 g/mol. The maximum atomic E-state index is 11.0. The molecule has 15 nitrogen and oxygen atoms in total. The van der Waals surface area contributed by atoms with Crippen molar-refractivity contribution >= 4 is 23.0 Å². The number of carboxylic acids is 1. The fraction of sp³-hybridized carbons (Fsp3) is 0.647. The van der Waals surface area contributed by atoms with Gasteiger partial charge in [0.15, 0.2) is 17.7 Å². The number of nitrogens with two attached hydrogens (primary N) is 2. The number of carboxylic acid groups (broad SMARTS) is 1. The van der Waals surface area contributed by atoms with Crippen LogP contribution in [-0.2, 0) is 9.53 Å². The molecule has 0 aliphatic carbocycles. The molecule has 2 aromatic rings. The van der Waals surface area contributed by atoms with Crippen molar-refractivity contribution in [2.45, 2.75) is 43.4 Å². The number of fused-ring (bicyclic) bond motifs is 1. The van der Waals surface area contributed by atoms with E-state index in [1.54, 1.807) is 0 Å². The molecule has 1 aliphatic rings. The van der Waals surface area contributed by atoms with Gasteiger partial charge >= 0.3 is 5.97 Å². The summed E-state index contributed by atoms with van der Waals surface area (Å²) in [5.41, 5.74) is 20.5. The summed E-state index contributed by atoms with van der Waals surface area (Å²) in [6.07, 6.45) is -0.862. The predicted molar refractivity (Wildman–Crippen MR) is 111 cm³/mol. The van der Waals surface area contributed by atoms with Gasteiger partial charge < -0.3 is 36.4 Å². The molecule has 5 atom stereocenters. The van der Waals surface area contributed by atoms with Crippen molar-refractivity contribution in [3.63, 3.8) is 0 Å². The van der Waals surface area contributed by atoms with Crippen molar-refractivity contribution < 1.29 is 24.9 Å². The largest absolute Gasteiger partial charge is 0.480 e. The lowest BCUT2D eigenvalue weighted by atomic mass is 10.1. The van der Waals surface area contributed by atoms with Crippen LogP contribution in [0.2, 0.25) is 0 Å². The second kappa shape index (κ2) is 10.5. The molecule has 0 amide bonds. The highest BCUT2D eigenvalue weighted by Gasteiger charge is 2.44. The van der Waals surface area contributed by atoms with Crippen LogP contribution in [0.4, 0.5) is 5.82 Å². The van der Waals surface area contributed by atoms with Gasteiger partial charge in [0.05, 0.1) is 6.33 Å².